The molecule has 23 heavy (non-hydrogen) atoms. The van der Waals surface area contributed by atoms with Gasteiger partial charge in [0.2, 0.25) is 0 Å². The summed E-state index contributed by atoms with van der Waals surface area (Å²) in [6.45, 7) is 2.17. The molecule has 0 aromatic heterocycles. The molecule has 6 nitrogen and oxygen atoms in total. The van der Waals surface area contributed by atoms with E-state index in [0.717, 1.165) is 11.1 Å². The van der Waals surface area contributed by atoms with Crippen LogP contribution in [0.25, 0.3) is 0 Å². The van der Waals surface area contributed by atoms with Crippen molar-refractivity contribution in [2.24, 2.45) is 5.73 Å². The van der Waals surface area contributed by atoms with Gasteiger partial charge in [-0.05, 0) is 36.6 Å². The fourth-order valence-corrected chi connectivity index (χ4v) is 2.40. The minimum atomic E-state index is -0.948. The zero-order valence-corrected chi connectivity index (χ0v) is 14.3. The number of carboxylic acid groups (broad SMARTS) is 1. The Morgan fingerprint density at radius 2 is 2.09 bits per heavy atom. The molecule has 1 aromatic rings. The number of hydrogen-bond donors (Lipinski definition) is 2. The molecule has 128 valence electrons. The van der Waals surface area contributed by atoms with Gasteiger partial charge in [0.15, 0.2) is 0 Å². The van der Waals surface area contributed by atoms with Crippen molar-refractivity contribution in [3.05, 3.63) is 29.3 Å². The summed E-state index contributed by atoms with van der Waals surface area (Å²) in [7, 11) is 0. The fourth-order valence-electron chi connectivity index (χ4n) is 1.98. The molecule has 1 aromatic carbocycles. The van der Waals surface area contributed by atoms with Crippen molar-refractivity contribution in [3.8, 4) is 5.75 Å². The van der Waals surface area contributed by atoms with E-state index in [2.05, 4.69) is 0 Å². The highest BCUT2D eigenvalue weighted by atomic mass is 35.5. The molecule has 1 amide bonds. The average Bonchev–Trinajstić information content (AvgIpc) is 2.47. The zero-order valence-electron chi connectivity index (χ0n) is 12.8. The van der Waals surface area contributed by atoms with Crippen LogP contribution in [0.2, 0.25) is 0 Å². The van der Waals surface area contributed by atoms with Crippen molar-refractivity contribution in [2.75, 3.05) is 18.4 Å². The number of nitrogens with two attached hydrogens (primary N) is 1. The van der Waals surface area contributed by atoms with Crippen LogP contribution in [0.15, 0.2) is 18.2 Å². The molecule has 1 unspecified atom stereocenters. The highest BCUT2D eigenvalue weighted by Gasteiger charge is 2.16. The van der Waals surface area contributed by atoms with Gasteiger partial charge in [-0.15, -0.1) is 23.2 Å². The number of halogens is 2. The third-order valence-electron chi connectivity index (χ3n) is 3.20. The van der Waals surface area contributed by atoms with Crippen LogP contribution in [0.5, 0.6) is 5.75 Å². The van der Waals surface area contributed by atoms with Gasteiger partial charge in [-0.2, -0.15) is 0 Å². The van der Waals surface area contributed by atoms with Gasteiger partial charge >= 0.3 is 12.1 Å². The minimum Gasteiger partial charge on any atom is -0.481 e. The number of carboxylic acids is 1. The van der Waals surface area contributed by atoms with Crippen LogP contribution in [-0.4, -0.2) is 46.5 Å². The second-order valence-corrected chi connectivity index (χ2v) is 5.71. The molecule has 0 fully saturated rings. The normalized spacial score (nSPS) is 11.8. The molecular weight excluding hydrogens is 343 g/mol. The minimum absolute atomic E-state index is 0.0201. The molecule has 0 bridgehead atoms. The van der Waals surface area contributed by atoms with Gasteiger partial charge in [-0.3, -0.25) is 9.69 Å². The van der Waals surface area contributed by atoms with E-state index in [1.165, 1.54) is 4.90 Å². The third-order valence-corrected chi connectivity index (χ3v) is 3.66. The van der Waals surface area contributed by atoms with Gasteiger partial charge in [0.05, 0.1) is 12.4 Å². The molecule has 0 aliphatic rings. The Morgan fingerprint density at radius 3 is 2.65 bits per heavy atom. The van der Waals surface area contributed by atoms with Gasteiger partial charge in [-0.25, -0.2) is 4.79 Å². The van der Waals surface area contributed by atoms with E-state index in [-0.39, 0.29) is 24.8 Å². The van der Waals surface area contributed by atoms with Gasteiger partial charge in [0.1, 0.15) is 5.75 Å². The molecule has 8 heteroatoms. The molecule has 0 radical (unpaired) electrons. The van der Waals surface area contributed by atoms with Crippen LogP contribution in [0.3, 0.4) is 0 Å². The standard InChI is InChI=1S/C15H20Cl2N2O4/c1-10-2-3-13(23-15(22)19(9-17)5-4-16)7-11(10)6-12(18)8-14(20)21/h2-3,7,12H,4-6,8-9,18H2,1H3,(H,20,21). The first-order valence-electron chi connectivity index (χ1n) is 7.03. The summed E-state index contributed by atoms with van der Waals surface area (Å²) < 4.78 is 5.27. The molecule has 0 heterocycles. The molecule has 0 saturated heterocycles. The quantitative estimate of drug-likeness (QED) is 0.547. The van der Waals surface area contributed by atoms with E-state index in [9.17, 15) is 9.59 Å². The number of benzene rings is 1. The predicted octanol–water partition coefficient (Wildman–Crippen LogP) is 2.58. The summed E-state index contributed by atoms with van der Waals surface area (Å²) >= 11 is 11.3. The number of nitrogens with zero attached hydrogens (tertiary/aromatic N) is 1. The van der Waals surface area contributed by atoms with Gasteiger partial charge in [0.25, 0.3) is 0 Å². The Balaban J connectivity index is 2.80. The monoisotopic (exact) mass is 362 g/mol. The Kier molecular flexibility index (Phi) is 8.16. The van der Waals surface area contributed by atoms with Crippen molar-refractivity contribution >= 4 is 35.3 Å². The number of amides is 1. The molecule has 0 aliphatic heterocycles. The maximum Gasteiger partial charge on any atom is 0.416 e. The lowest BCUT2D eigenvalue weighted by Crippen LogP contribution is -2.34. The lowest BCUT2D eigenvalue weighted by atomic mass is 9.99. The fraction of sp³-hybridized carbons (Fsp3) is 0.467. The highest BCUT2D eigenvalue weighted by molar-refractivity contribution is 6.19. The zero-order chi connectivity index (χ0) is 17.4. The Hall–Kier alpha value is -1.50. The number of ether oxygens (including phenoxy) is 1. The number of alkyl halides is 2. The van der Waals surface area contributed by atoms with Gasteiger partial charge in [0, 0.05) is 18.5 Å². The first-order valence-corrected chi connectivity index (χ1v) is 8.09. The number of aliphatic carboxylic acids is 1. The molecule has 1 rings (SSSR count). The van der Waals surface area contributed by atoms with Crippen molar-refractivity contribution in [3.63, 3.8) is 0 Å². The summed E-state index contributed by atoms with van der Waals surface area (Å²) in [6, 6.07) is 4.60. The summed E-state index contributed by atoms with van der Waals surface area (Å²) in [4.78, 5) is 23.9. The topological polar surface area (TPSA) is 92.9 Å². The Bertz CT molecular complexity index is 554. The molecule has 3 N–H and O–H groups in total. The van der Waals surface area contributed by atoms with E-state index >= 15 is 0 Å². The number of carbonyl (C=O) groups is 2. The third kappa shape index (κ3) is 6.64. The lowest BCUT2D eigenvalue weighted by Gasteiger charge is -2.18. The smallest absolute Gasteiger partial charge is 0.416 e. The summed E-state index contributed by atoms with van der Waals surface area (Å²) in [5, 5.41) is 8.77. The van der Waals surface area contributed by atoms with E-state index in [1.54, 1.807) is 18.2 Å². The number of hydrogen-bond acceptors (Lipinski definition) is 4. The summed E-state index contributed by atoms with van der Waals surface area (Å²) in [5.74, 6) is -0.343. The van der Waals surface area contributed by atoms with Gasteiger partial charge in [-0.1, -0.05) is 6.07 Å². The Morgan fingerprint density at radius 1 is 1.39 bits per heavy atom. The van der Waals surface area contributed by atoms with Gasteiger partial charge < -0.3 is 15.6 Å². The van der Waals surface area contributed by atoms with E-state index < -0.39 is 18.1 Å². The van der Waals surface area contributed by atoms with Crippen LogP contribution < -0.4 is 10.5 Å². The number of rotatable bonds is 8. The summed E-state index contributed by atoms with van der Waals surface area (Å²) in [5.41, 5.74) is 7.58. The molecule has 0 saturated carbocycles. The van der Waals surface area contributed by atoms with Crippen molar-refractivity contribution in [1.82, 2.24) is 4.90 Å². The maximum absolute atomic E-state index is 12.0. The molecule has 0 aliphatic carbocycles. The van der Waals surface area contributed by atoms with Crippen molar-refractivity contribution in [2.45, 2.75) is 25.8 Å². The molecule has 0 spiro atoms. The van der Waals surface area contributed by atoms with E-state index in [0.29, 0.717) is 12.2 Å². The van der Waals surface area contributed by atoms with Crippen LogP contribution in [0.4, 0.5) is 4.79 Å². The van der Waals surface area contributed by atoms with Crippen LogP contribution >= 0.6 is 23.2 Å². The first-order chi connectivity index (χ1) is 10.9. The van der Waals surface area contributed by atoms with Crippen LogP contribution in [-0.2, 0) is 11.2 Å². The van der Waals surface area contributed by atoms with Crippen molar-refractivity contribution < 1.29 is 19.4 Å². The SMILES string of the molecule is Cc1ccc(OC(=O)N(CCl)CCCl)cc1CC(N)CC(=O)O. The maximum atomic E-state index is 12.0. The second-order valence-electron chi connectivity index (χ2n) is 5.09. The predicted molar refractivity (Wildman–Crippen MR) is 89.3 cm³/mol. The van der Waals surface area contributed by atoms with E-state index in [4.69, 9.17) is 38.8 Å². The Labute approximate surface area is 145 Å². The lowest BCUT2D eigenvalue weighted by molar-refractivity contribution is -0.137. The highest BCUT2D eigenvalue weighted by Crippen LogP contribution is 2.20. The van der Waals surface area contributed by atoms with Crippen molar-refractivity contribution in [1.29, 1.82) is 0 Å². The van der Waals surface area contributed by atoms with Crippen LogP contribution in [0.1, 0.15) is 17.5 Å². The average molecular weight is 363 g/mol. The largest absolute Gasteiger partial charge is 0.481 e. The summed E-state index contributed by atoms with van der Waals surface area (Å²) in [6.07, 6.45) is -0.339. The number of aryl methyl sites for hydroxylation is 1. The van der Waals surface area contributed by atoms with Crippen LogP contribution in [0, 0.1) is 6.92 Å². The second kappa shape index (κ2) is 9.60. The number of carbonyl (C=O) groups excluding carboxylic acids is 1. The first kappa shape index (κ1) is 19.5. The van der Waals surface area contributed by atoms with E-state index in [1.807, 2.05) is 6.92 Å². The molecular formula is C15H20Cl2N2O4. The molecule has 1 atom stereocenters.